The van der Waals surface area contributed by atoms with Gasteiger partial charge in [0.25, 0.3) is 0 Å². The van der Waals surface area contributed by atoms with Crippen LogP contribution in [-0.2, 0) is 38.3 Å². The highest BCUT2D eigenvalue weighted by molar-refractivity contribution is 7.88. The normalized spacial score (nSPS) is 14.9. The molecule has 8 heteroatoms. The van der Waals surface area contributed by atoms with Crippen molar-refractivity contribution < 1.29 is 22.7 Å². The van der Waals surface area contributed by atoms with Gasteiger partial charge in [-0.15, -0.1) is 0 Å². The van der Waals surface area contributed by atoms with Gasteiger partial charge < -0.3 is 14.8 Å². The zero-order valence-corrected chi connectivity index (χ0v) is 18.7. The maximum Gasteiger partial charge on any atom is 0.220 e. The predicted octanol–water partition coefficient (Wildman–Crippen LogP) is 2.50. The third-order valence-corrected chi connectivity index (χ3v) is 7.02. The van der Waals surface area contributed by atoms with Crippen LogP contribution in [0.4, 0.5) is 0 Å². The van der Waals surface area contributed by atoms with Crippen LogP contribution in [0.1, 0.15) is 30.0 Å². The summed E-state index contributed by atoms with van der Waals surface area (Å²) in [4.78, 5) is 12.4. The largest absolute Gasteiger partial charge is 0.494 e. The quantitative estimate of drug-likeness (QED) is 0.606. The number of amides is 1. The minimum absolute atomic E-state index is 0.0826. The molecule has 1 N–H and O–H groups in total. The second kappa shape index (κ2) is 11.3. The molecule has 168 valence electrons. The van der Waals surface area contributed by atoms with Crippen molar-refractivity contribution in [3.05, 3.63) is 65.2 Å². The first-order valence-electron chi connectivity index (χ1n) is 10.6. The number of benzene rings is 2. The summed E-state index contributed by atoms with van der Waals surface area (Å²) in [7, 11) is -3.43. The summed E-state index contributed by atoms with van der Waals surface area (Å²) in [6.45, 7) is 4.40. The van der Waals surface area contributed by atoms with E-state index in [1.165, 1.54) is 4.31 Å². The number of para-hydroxylation sites is 1. The first-order chi connectivity index (χ1) is 15.0. The predicted molar refractivity (Wildman–Crippen MR) is 119 cm³/mol. The summed E-state index contributed by atoms with van der Waals surface area (Å²) >= 11 is 0. The molecule has 0 spiro atoms. The summed E-state index contributed by atoms with van der Waals surface area (Å²) in [5.74, 6) is 0.634. The van der Waals surface area contributed by atoms with Gasteiger partial charge in [0, 0.05) is 26.1 Å². The average Bonchev–Trinajstić information content (AvgIpc) is 2.78. The Balaban J connectivity index is 1.57. The van der Waals surface area contributed by atoms with Crippen LogP contribution in [0.3, 0.4) is 0 Å². The fourth-order valence-electron chi connectivity index (χ4n) is 3.52. The molecule has 1 amide bonds. The molecule has 1 fully saturated rings. The van der Waals surface area contributed by atoms with E-state index in [1.54, 1.807) is 6.07 Å². The molecule has 0 aromatic heterocycles. The van der Waals surface area contributed by atoms with E-state index in [9.17, 15) is 13.2 Å². The number of sulfonamides is 1. The van der Waals surface area contributed by atoms with Crippen molar-refractivity contribution in [2.75, 3.05) is 32.9 Å². The van der Waals surface area contributed by atoms with Crippen molar-refractivity contribution in [2.24, 2.45) is 0 Å². The van der Waals surface area contributed by atoms with E-state index in [2.05, 4.69) is 5.32 Å². The fraction of sp³-hybridized carbons (Fsp3) is 0.435. The molecule has 31 heavy (non-hydrogen) atoms. The van der Waals surface area contributed by atoms with E-state index in [4.69, 9.17) is 9.47 Å². The second-order valence-electron chi connectivity index (χ2n) is 7.35. The molecule has 0 radical (unpaired) electrons. The zero-order valence-electron chi connectivity index (χ0n) is 17.9. The van der Waals surface area contributed by atoms with E-state index in [0.717, 1.165) is 16.9 Å². The summed E-state index contributed by atoms with van der Waals surface area (Å²) in [6, 6.07) is 15.0. The Morgan fingerprint density at radius 1 is 1.03 bits per heavy atom. The van der Waals surface area contributed by atoms with Gasteiger partial charge in [-0.3, -0.25) is 4.79 Å². The van der Waals surface area contributed by atoms with Crippen LogP contribution in [-0.4, -0.2) is 51.5 Å². The lowest BCUT2D eigenvalue weighted by molar-refractivity contribution is -0.121. The molecule has 0 aliphatic carbocycles. The Morgan fingerprint density at radius 3 is 2.39 bits per heavy atom. The van der Waals surface area contributed by atoms with Crippen LogP contribution in [0.5, 0.6) is 5.75 Å². The van der Waals surface area contributed by atoms with Gasteiger partial charge >= 0.3 is 0 Å². The molecule has 7 nitrogen and oxygen atoms in total. The highest BCUT2D eigenvalue weighted by Gasteiger charge is 2.25. The van der Waals surface area contributed by atoms with E-state index >= 15 is 0 Å². The number of carbonyl (C=O) groups is 1. The number of nitrogens with zero attached hydrogens (tertiary/aromatic N) is 1. The monoisotopic (exact) mass is 446 g/mol. The number of rotatable bonds is 10. The van der Waals surface area contributed by atoms with E-state index in [0.29, 0.717) is 57.9 Å². The van der Waals surface area contributed by atoms with Gasteiger partial charge in [0.15, 0.2) is 0 Å². The number of ether oxygens (including phenoxy) is 2. The molecule has 2 aromatic rings. The van der Waals surface area contributed by atoms with Gasteiger partial charge in [-0.2, -0.15) is 4.31 Å². The van der Waals surface area contributed by atoms with Gasteiger partial charge in [-0.1, -0.05) is 42.5 Å². The Kier molecular flexibility index (Phi) is 8.45. The van der Waals surface area contributed by atoms with E-state index in [1.807, 2.05) is 49.4 Å². The molecular formula is C23H30N2O5S. The van der Waals surface area contributed by atoms with Gasteiger partial charge in [0.1, 0.15) is 5.75 Å². The maximum atomic E-state index is 12.8. The number of hydrogen-bond acceptors (Lipinski definition) is 5. The number of hydrogen-bond donors (Lipinski definition) is 1. The molecule has 1 aliphatic rings. The van der Waals surface area contributed by atoms with Crippen molar-refractivity contribution in [2.45, 2.75) is 32.1 Å². The SMILES string of the molecule is CCOc1ccccc1CCC(=O)NCc1ccccc1CS(=O)(=O)N1CCOCC1. The molecule has 0 saturated carbocycles. The summed E-state index contributed by atoms with van der Waals surface area (Å²) in [5, 5.41) is 2.92. The molecule has 3 rings (SSSR count). The van der Waals surface area contributed by atoms with Crippen LogP contribution < -0.4 is 10.1 Å². The zero-order chi connectivity index (χ0) is 22.1. The van der Waals surface area contributed by atoms with Crippen molar-refractivity contribution in [3.8, 4) is 5.75 Å². The van der Waals surface area contributed by atoms with Gasteiger partial charge in [0.05, 0.1) is 25.6 Å². The lowest BCUT2D eigenvalue weighted by Crippen LogP contribution is -2.41. The van der Waals surface area contributed by atoms with E-state index in [-0.39, 0.29) is 11.7 Å². The average molecular weight is 447 g/mol. The van der Waals surface area contributed by atoms with Gasteiger partial charge in [0.2, 0.25) is 15.9 Å². The van der Waals surface area contributed by atoms with E-state index < -0.39 is 10.0 Å². The minimum atomic E-state index is -3.43. The molecule has 2 aromatic carbocycles. The Labute approximate surface area is 184 Å². The molecular weight excluding hydrogens is 416 g/mol. The Bertz CT molecular complexity index is 971. The minimum Gasteiger partial charge on any atom is -0.494 e. The number of carbonyl (C=O) groups excluding carboxylic acids is 1. The summed E-state index contributed by atoms with van der Waals surface area (Å²) < 4.78 is 37.9. The summed E-state index contributed by atoms with van der Waals surface area (Å²) in [5.41, 5.74) is 2.51. The van der Waals surface area contributed by atoms with Crippen molar-refractivity contribution in [3.63, 3.8) is 0 Å². The smallest absolute Gasteiger partial charge is 0.220 e. The number of morpholine rings is 1. The van der Waals surface area contributed by atoms with Crippen LogP contribution in [0.15, 0.2) is 48.5 Å². The molecule has 1 aliphatic heterocycles. The van der Waals surface area contributed by atoms with Crippen LogP contribution in [0, 0.1) is 0 Å². The topological polar surface area (TPSA) is 84.9 Å². The first-order valence-corrected chi connectivity index (χ1v) is 12.2. The fourth-order valence-corrected chi connectivity index (χ4v) is 5.08. The summed E-state index contributed by atoms with van der Waals surface area (Å²) in [6.07, 6.45) is 0.910. The van der Waals surface area contributed by atoms with Crippen LogP contribution in [0.2, 0.25) is 0 Å². The van der Waals surface area contributed by atoms with Crippen molar-refractivity contribution in [1.29, 1.82) is 0 Å². The van der Waals surface area contributed by atoms with Crippen LogP contribution >= 0.6 is 0 Å². The molecule has 1 saturated heterocycles. The standard InChI is InChI=1S/C23H30N2O5S/c1-2-30-22-10-6-5-7-19(22)11-12-23(26)24-17-20-8-3-4-9-21(20)18-31(27,28)25-13-15-29-16-14-25/h3-10H,2,11-18H2,1H3,(H,24,26). The van der Waals surface area contributed by atoms with Crippen molar-refractivity contribution in [1.82, 2.24) is 9.62 Å². The molecule has 0 atom stereocenters. The van der Waals surface area contributed by atoms with Crippen LogP contribution in [0.25, 0.3) is 0 Å². The van der Waals surface area contributed by atoms with Gasteiger partial charge in [-0.05, 0) is 36.1 Å². The van der Waals surface area contributed by atoms with Crippen molar-refractivity contribution >= 4 is 15.9 Å². The first kappa shape index (κ1) is 23.2. The molecule has 0 unspecified atom stereocenters. The van der Waals surface area contributed by atoms with Gasteiger partial charge in [-0.25, -0.2) is 8.42 Å². The molecule has 0 bridgehead atoms. The lowest BCUT2D eigenvalue weighted by atomic mass is 10.1. The second-order valence-corrected chi connectivity index (χ2v) is 9.32. The highest BCUT2D eigenvalue weighted by Crippen LogP contribution is 2.20. The maximum absolute atomic E-state index is 12.8. The highest BCUT2D eigenvalue weighted by atomic mass is 32.2. The number of aryl methyl sites for hydroxylation is 1. The Morgan fingerprint density at radius 2 is 1.68 bits per heavy atom. The lowest BCUT2D eigenvalue weighted by Gasteiger charge is -2.26. The Hall–Kier alpha value is -2.42. The molecule has 1 heterocycles. The number of nitrogens with one attached hydrogen (secondary N) is 1. The third kappa shape index (κ3) is 6.78. The third-order valence-electron chi connectivity index (χ3n) is 5.19.